The lowest BCUT2D eigenvalue weighted by Crippen LogP contribution is -2.16. The summed E-state index contributed by atoms with van der Waals surface area (Å²) in [5.74, 6) is 0.485. The van der Waals surface area contributed by atoms with Gasteiger partial charge in [0.25, 0.3) is 0 Å². The average molecular weight is 377 g/mol. The normalized spacial score (nSPS) is 11.6. The Balaban J connectivity index is 1.97. The highest BCUT2D eigenvalue weighted by molar-refractivity contribution is 5.82. The zero-order valence-electron chi connectivity index (χ0n) is 15.1. The van der Waals surface area contributed by atoms with E-state index in [4.69, 9.17) is 4.74 Å². The predicted molar refractivity (Wildman–Crippen MR) is 96.6 cm³/mol. The highest BCUT2D eigenvalue weighted by atomic mass is 19.4. The molecule has 0 fully saturated rings. The first-order valence-electron chi connectivity index (χ1n) is 8.36. The van der Waals surface area contributed by atoms with Gasteiger partial charge in [-0.1, -0.05) is 0 Å². The molecule has 142 valence electrons. The fraction of sp³-hybridized carbons (Fsp3) is 0.250. The molecule has 3 aromatic rings. The van der Waals surface area contributed by atoms with E-state index in [1.54, 1.807) is 13.0 Å². The van der Waals surface area contributed by atoms with Gasteiger partial charge in [0.15, 0.2) is 5.43 Å². The lowest BCUT2D eigenvalue weighted by Gasteiger charge is -2.14. The Kier molecular flexibility index (Phi) is 4.87. The minimum Gasteiger partial charge on any atom is -0.457 e. The summed E-state index contributed by atoms with van der Waals surface area (Å²) in [6.45, 7) is 6.32. The van der Waals surface area contributed by atoms with Crippen LogP contribution in [0.4, 0.5) is 13.2 Å². The third-order valence-corrected chi connectivity index (χ3v) is 4.18. The van der Waals surface area contributed by atoms with Crippen molar-refractivity contribution < 1.29 is 22.6 Å². The lowest BCUT2D eigenvalue weighted by atomic mass is 10.1. The minimum atomic E-state index is -4.74. The Hall–Kier alpha value is -2.96. The number of nitrogens with zero attached hydrogens (tertiary/aromatic N) is 1. The van der Waals surface area contributed by atoms with Crippen LogP contribution in [0.2, 0.25) is 0 Å². The van der Waals surface area contributed by atoms with Gasteiger partial charge in [0.2, 0.25) is 0 Å². The zero-order chi connectivity index (χ0) is 19.8. The molecular weight excluding hydrogens is 359 g/mol. The van der Waals surface area contributed by atoms with Crippen molar-refractivity contribution in [1.29, 1.82) is 0 Å². The Morgan fingerprint density at radius 3 is 2.22 bits per heavy atom. The third kappa shape index (κ3) is 4.07. The molecule has 0 amide bonds. The second-order valence-electron chi connectivity index (χ2n) is 6.18. The second kappa shape index (κ2) is 6.98. The molecular formula is C20H18F3NO3. The van der Waals surface area contributed by atoms with Gasteiger partial charge in [-0.2, -0.15) is 0 Å². The largest absolute Gasteiger partial charge is 0.573 e. The van der Waals surface area contributed by atoms with Gasteiger partial charge in [0.05, 0.1) is 5.52 Å². The van der Waals surface area contributed by atoms with Crippen LogP contribution in [-0.4, -0.2) is 10.9 Å². The maximum atomic E-state index is 12.5. The fourth-order valence-corrected chi connectivity index (χ4v) is 2.87. The van der Waals surface area contributed by atoms with Crippen LogP contribution in [0.15, 0.2) is 47.4 Å². The molecule has 3 rings (SSSR count). The van der Waals surface area contributed by atoms with Crippen LogP contribution >= 0.6 is 0 Å². The Morgan fingerprint density at radius 2 is 1.63 bits per heavy atom. The number of rotatable bonds is 4. The summed E-state index contributed by atoms with van der Waals surface area (Å²) in [6.07, 6.45) is -2.92. The van der Waals surface area contributed by atoms with E-state index in [1.807, 2.05) is 30.7 Å². The van der Waals surface area contributed by atoms with Crippen LogP contribution in [0.3, 0.4) is 0 Å². The van der Waals surface area contributed by atoms with E-state index in [0.717, 1.165) is 17.6 Å². The first-order valence-corrected chi connectivity index (χ1v) is 8.36. The van der Waals surface area contributed by atoms with Crippen LogP contribution in [0.25, 0.3) is 10.9 Å². The van der Waals surface area contributed by atoms with Crippen LogP contribution in [0.5, 0.6) is 17.2 Å². The van der Waals surface area contributed by atoms with E-state index in [-0.39, 0.29) is 11.2 Å². The summed E-state index contributed by atoms with van der Waals surface area (Å²) >= 11 is 0. The number of pyridine rings is 1. The highest BCUT2D eigenvalue weighted by Crippen LogP contribution is 2.31. The average Bonchev–Trinajstić information content (AvgIpc) is 2.60. The molecule has 0 spiro atoms. The minimum absolute atomic E-state index is 0.0755. The number of halogens is 3. The van der Waals surface area contributed by atoms with Crippen molar-refractivity contribution in [3.63, 3.8) is 0 Å². The Labute approximate surface area is 153 Å². The van der Waals surface area contributed by atoms with Gasteiger partial charge in [-0.3, -0.25) is 4.79 Å². The van der Waals surface area contributed by atoms with Gasteiger partial charge >= 0.3 is 6.36 Å². The lowest BCUT2D eigenvalue weighted by molar-refractivity contribution is -0.274. The summed E-state index contributed by atoms with van der Waals surface area (Å²) in [5.41, 5.74) is 2.18. The molecule has 4 nitrogen and oxygen atoms in total. The number of alkyl halides is 3. The first kappa shape index (κ1) is 18.8. The topological polar surface area (TPSA) is 40.5 Å². The van der Waals surface area contributed by atoms with Gasteiger partial charge < -0.3 is 14.0 Å². The van der Waals surface area contributed by atoms with Crippen LogP contribution in [0.1, 0.15) is 18.1 Å². The van der Waals surface area contributed by atoms with E-state index < -0.39 is 6.36 Å². The fourth-order valence-electron chi connectivity index (χ4n) is 2.87. The van der Waals surface area contributed by atoms with E-state index in [0.29, 0.717) is 22.4 Å². The smallest absolute Gasteiger partial charge is 0.457 e. The molecule has 0 aliphatic rings. The Bertz CT molecular complexity index is 1040. The van der Waals surface area contributed by atoms with Crippen molar-refractivity contribution in [3.05, 3.63) is 63.9 Å². The SMILES string of the molecule is CCn1cc(C)c(=O)c2cc(Oc3ccc(OC(F)(F)F)cc3)c(C)cc21. The summed E-state index contributed by atoms with van der Waals surface area (Å²) < 4.78 is 48.3. The van der Waals surface area contributed by atoms with Gasteiger partial charge in [0.1, 0.15) is 17.2 Å². The Morgan fingerprint density at radius 1 is 1.00 bits per heavy atom. The van der Waals surface area contributed by atoms with Crippen molar-refractivity contribution in [2.45, 2.75) is 33.7 Å². The molecule has 7 heteroatoms. The summed E-state index contributed by atoms with van der Waals surface area (Å²) in [7, 11) is 0. The zero-order valence-corrected chi connectivity index (χ0v) is 15.1. The molecule has 1 heterocycles. The van der Waals surface area contributed by atoms with Gasteiger partial charge in [-0.05, 0) is 62.7 Å². The standard InChI is InChI=1S/C20H18F3NO3/c1-4-24-11-13(3)19(25)16-10-18(12(2)9-17(16)24)26-14-5-7-15(8-6-14)27-20(21,22)23/h5-11H,4H2,1-3H3. The van der Waals surface area contributed by atoms with Crippen molar-refractivity contribution in [2.75, 3.05) is 0 Å². The van der Waals surface area contributed by atoms with Gasteiger partial charge in [0, 0.05) is 23.7 Å². The summed E-state index contributed by atoms with van der Waals surface area (Å²) in [5, 5.41) is 0.537. The third-order valence-electron chi connectivity index (χ3n) is 4.18. The van der Waals surface area contributed by atoms with Crippen molar-refractivity contribution in [1.82, 2.24) is 4.57 Å². The quantitative estimate of drug-likeness (QED) is 0.617. The van der Waals surface area contributed by atoms with E-state index in [2.05, 4.69) is 4.74 Å². The van der Waals surface area contributed by atoms with Crippen molar-refractivity contribution >= 4 is 10.9 Å². The van der Waals surface area contributed by atoms with Crippen LogP contribution < -0.4 is 14.9 Å². The van der Waals surface area contributed by atoms with Gasteiger partial charge in [-0.15, -0.1) is 13.2 Å². The summed E-state index contributed by atoms with van der Waals surface area (Å²) in [6, 6.07) is 8.65. The van der Waals surface area contributed by atoms with Crippen molar-refractivity contribution in [3.8, 4) is 17.2 Å². The number of hydrogen-bond acceptors (Lipinski definition) is 3. The van der Waals surface area contributed by atoms with Gasteiger partial charge in [-0.25, -0.2) is 0 Å². The molecule has 0 aliphatic carbocycles. The molecule has 0 N–H and O–H groups in total. The molecule has 27 heavy (non-hydrogen) atoms. The molecule has 0 saturated heterocycles. The van der Waals surface area contributed by atoms with E-state index in [9.17, 15) is 18.0 Å². The van der Waals surface area contributed by atoms with Crippen LogP contribution in [-0.2, 0) is 6.54 Å². The first-order chi connectivity index (χ1) is 12.7. The molecule has 1 aromatic heterocycles. The number of hydrogen-bond donors (Lipinski definition) is 0. The maximum Gasteiger partial charge on any atom is 0.573 e. The molecule has 0 atom stereocenters. The molecule has 0 aliphatic heterocycles. The molecule has 0 bridgehead atoms. The predicted octanol–water partition coefficient (Wildman–Crippen LogP) is 5.33. The highest BCUT2D eigenvalue weighted by Gasteiger charge is 2.31. The molecule has 0 unspecified atom stereocenters. The number of aryl methyl sites for hydroxylation is 3. The number of aromatic nitrogens is 1. The number of ether oxygens (including phenoxy) is 2. The van der Waals surface area contributed by atoms with Crippen molar-refractivity contribution in [2.24, 2.45) is 0 Å². The monoisotopic (exact) mass is 377 g/mol. The van der Waals surface area contributed by atoms with Crippen LogP contribution in [0, 0.1) is 13.8 Å². The van der Waals surface area contributed by atoms with E-state index >= 15 is 0 Å². The van der Waals surface area contributed by atoms with E-state index in [1.165, 1.54) is 24.3 Å². The second-order valence-corrected chi connectivity index (χ2v) is 6.18. The number of benzene rings is 2. The molecule has 0 saturated carbocycles. The molecule has 0 radical (unpaired) electrons. The summed E-state index contributed by atoms with van der Waals surface area (Å²) in [4.78, 5) is 12.5. The molecule has 2 aromatic carbocycles. The maximum absolute atomic E-state index is 12.5. The number of fused-ring (bicyclic) bond motifs is 1.